The molecule has 146 valence electrons. The molecule has 2 N–H and O–H groups in total. The summed E-state index contributed by atoms with van der Waals surface area (Å²) in [5.41, 5.74) is 6.17. The number of carbonyl (C=O) groups excluding carboxylic acids is 1. The molecule has 0 saturated heterocycles. The van der Waals surface area contributed by atoms with Crippen molar-refractivity contribution in [2.75, 3.05) is 7.11 Å². The van der Waals surface area contributed by atoms with E-state index in [1.54, 1.807) is 19.3 Å². The summed E-state index contributed by atoms with van der Waals surface area (Å²) >= 11 is 0. The third-order valence-corrected chi connectivity index (χ3v) is 4.64. The molecule has 4 aromatic rings. The Morgan fingerprint density at radius 1 is 0.897 bits per heavy atom. The lowest BCUT2D eigenvalue weighted by atomic mass is 9.99. The average molecular weight is 386 g/mol. The maximum absolute atomic E-state index is 12.1. The number of nitrogens with zero attached hydrogens (tertiary/aromatic N) is 2. The van der Waals surface area contributed by atoms with Crippen LogP contribution < -0.4 is 0 Å². The Morgan fingerprint density at radius 3 is 2.07 bits per heavy atom. The molecule has 4 rings (SSSR count). The smallest absolute Gasteiger partial charge is 0.160 e. The van der Waals surface area contributed by atoms with Crippen molar-refractivity contribution < 1.29 is 15.0 Å². The van der Waals surface area contributed by atoms with Gasteiger partial charge in [-0.15, -0.1) is 0 Å². The lowest BCUT2D eigenvalue weighted by molar-refractivity contribution is 0.101. The predicted molar refractivity (Wildman–Crippen MR) is 114 cm³/mol. The van der Waals surface area contributed by atoms with Gasteiger partial charge < -0.3 is 10.2 Å². The molecule has 2 aromatic carbocycles. The average Bonchev–Trinajstić information content (AvgIpc) is 2.79. The molecular formula is C24H22N2O3. The molecule has 2 aromatic heterocycles. The molecule has 0 aliphatic rings. The number of Topliss-reactive ketones (excluding diaryl/α,β-unsaturated/α-hetero) is 1. The zero-order valence-corrected chi connectivity index (χ0v) is 16.3. The van der Waals surface area contributed by atoms with Crippen molar-refractivity contribution in [3.8, 4) is 22.4 Å². The van der Waals surface area contributed by atoms with Gasteiger partial charge in [0.1, 0.15) is 0 Å². The van der Waals surface area contributed by atoms with E-state index in [1.165, 1.54) is 0 Å². The Morgan fingerprint density at radius 2 is 1.48 bits per heavy atom. The molecule has 0 fully saturated rings. The molecule has 0 radical (unpaired) electrons. The number of aliphatic hydroxyl groups is 2. The predicted octanol–water partition coefficient (Wildman–Crippen LogP) is 4.27. The highest BCUT2D eigenvalue weighted by Crippen LogP contribution is 2.27. The third-order valence-electron chi connectivity index (χ3n) is 4.64. The van der Waals surface area contributed by atoms with Crippen LogP contribution in [0.3, 0.4) is 0 Å². The minimum absolute atomic E-state index is 0.00255. The van der Waals surface area contributed by atoms with E-state index < -0.39 is 0 Å². The second-order valence-electron chi connectivity index (χ2n) is 6.44. The molecule has 5 heteroatoms. The number of hydrogen-bond acceptors (Lipinski definition) is 5. The number of carbonyl (C=O) groups is 1. The number of hydrogen-bond donors (Lipinski definition) is 2. The van der Waals surface area contributed by atoms with Gasteiger partial charge in [-0.3, -0.25) is 9.78 Å². The number of rotatable bonds is 4. The van der Waals surface area contributed by atoms with Crippen molar-refractivity contribution >= 4 is 16.7 Å². The van der Waals surface area contributed by atoms with Crippen LogP contribution in [0, 0.1) is 0 Å². The summed E-state index contributed by atoms with van der Waals surface area (Å²) in [6, 6.07) is 19.6. The van der Waals surface area contributed by atoms with E-state index in [9.17, 15) is 4.79 Å². The van der Waals surface area contributed by atoms with Crippen molar-refractivity contribution in [2.45, 2.75) is 13.5 Å². The summed E-state index contributed by atoms with van der Waals surface area (Å²) in [6.45, 7) is 1.60. The standard InChI is InChI=1S/C23H18N2O2.CH4O/c1-15(27)20-12-23(25-22-10-11-24-13-21(20)22)19-8-6-18(7-9-19)17-4-2-16(14-26)3-5-17;1-2/h2-13,26H,14H2,1H3;2H,1H3. The number of benzene rings is 2. The first-order chi connectivity index (χ1) is 14.2. The number of aliphatic hydroxyl groups excluding tert-OH is 2. The minimum Gasteiger partial charge on any atom is -0.400 e. The van der Waals surface area contributed by atoms with Gasteiger partial charge in [0.2, 0.25) is 0 Å². The summed E-state index contributed by atoms with van der Waals surface area (Å²) < 4.78 is 0. The van der Waals surface area contributed by atoms with Crippen LogP contribution in [0.25, 0.3) is 33.3 Å². The van der Waals surface area contributed by atoms with E-state index in [-0.39, 0.29) is 12.4 Å². The molecule has 0 aliphatic carbocycles. The Bertz CT molecular complexity index is 1120. The van der Waals surface area contributed by atoms with Gasteiger partial charge in [0.15, 0.2) is 5.78 Å². The van der Waals surface area contributed by atoms with Crippen LogP contribution in [0.5, 0.6) is 0 Å². The zero-order chi connectivity index (χ0) is 20.8. The van der Waals surface area contributed by atoms with Crippen LogP contribution in [0.15, 0.2) is 73.1 Å². The topological polar surface area (TPSA) is 83.3 Å². The Balaban J connectivity index is 0.00000117. The van der Waals surface area contributed by atoms with Crippen LogP contribution in [-0.4, -0.2) is 33.1 Å². The second kappa shape index (κ2) is 9.19. The first kappa shape index (κ1) is 20.3. The molecule has 29 heavy (non-hydrogen) atoms. The maximum atomic E-state index is 12.1. The van der Waals surface area contributed by atoms with Crippen LogP contribution in [0.4, 0.5) is 0 Å². The highest BCUT2D eigenvalue weighted by molar-refractivity contribution is 6.06. The molecule has 0 bridgehead atoms. The molecular weight excluding hydrogens is 364 g/mol. The quantitative estimate of drug-likeness (QED) is 0.512. The van der Waals surface area contributed by atoms with Gasteiger partial charge in [-0.2, -0.15) is 0 Å². The molecule has 5 nitrogen and oxygen atoms in total. The fourth-order valence-electron chi connectivity index (χ4n) is 3.14. The maximum Gasteiger partial charge on any atom is 0.160 e. The summed E-state index contributed by atoms with van der Waals surface area (Å²) in [7, 11) is 1.00. The Hall–Kier alpha value is -3.41. The van der Waals surface area contributed by atoms with E-state index in [1.807, 2.05) is 60.7 Å². The van der Waals surface area contributed by atoms with Gasteiger partial charge in [0.25, 0.3) is 0 Å². The van der Waals surface area contributed by atoms with E-state index in [0.29, 0.717) is 5.56 Å². The highest BCUT2D eigenvalue weighted by atomic mass is 16.3. The van der Waals surface area contributed by atoms with E-state index in [2.05, 4.69) is 4.98 Å². The van der Waals surface area contributed by atoms with Crippen LogP contribution >= 0.6 is 0 Å². The van der Waals surface area contributed by atoms with Gasteiger partial charge in [0, 0.05) is 36.0 Å². The number of fused-ring (bicyclic) bond motifs is 1. The second-order valence-corrected chi connectivity index (χ2v) is 6.44. The van der Waals surface area contributed by atoms with Crippen molar-refractivity contribution in [2.24, 2.45) is 0 Å². The van der Waals surface area contributed by atoms with Crippen LogP contribution in [0.1, 0.15) is 22.8 Å². The lowest BCUT2D eigenvalue weighted by Crippen LogP contribution is -1.98. The summed E-state index contributed by atoms with van der Waals surface area (Å²) in [4.78, 5) is 20.9. The fraction of sp³-hybridized carbons (Fsp3) is 0.125. The van der Waals surface area contributed by atoms with Gasteiger partial charge in [0.05, 0.1) is 17.8 Å². The van der Waals surface area contributed by atoms with Gasteiger partial charge in [-0.05, 0) is 35.7 Å². The first-order valence-electron chi connectivity index (χ1n) is 9.17. The molecule has 0 unspecified atom stereocenters. The lowest BCUT2D eigenvalue weighted by Gasteiger charge is -2.09. The van der Waals surface area contributed by atoms with Crippen molar-refractivity contribution in [3.05, 3.63) is 84.2 Å². The zero-order valence-electron chi connectivity index (χ0n) is 16.3. The fourth-order valence-corrected chi connectivity index (χ4v) is 3.14. The van der Waals surface area contributed by atoms with Gasteiger partial charge >= 0.3 is 0 Å². The van der Waals surface area contributed by atoms with Crippen LogP contribution in [0.2, 0.25) is 0 Å². The molecule has 0 aliphatic heterocycles. The first-order valence-corrected chi connectivity index (χ1v) is 9.17. The number of aromatic nitrogens is 2. The normalized spacial score (nSPS) is 10.3. The van der Waals surface area contributed by atoms with E-state index >= 15 is 0 Å². The van der Waals surface area contributed by atoms with Gasteiger partial charge in [-0.1, -0.05) is 48.5 Å². The molecule has 0 saturated carbocycles. The monoisotopic (exact) mass is 386 g/mol. The molecule has 0 spiro atoms. The molecule has 2 heterocycles. The van der Waals surface area contributed by atoms with Gasteiger partial charge in [-0.25, -0.2) is 4.98 Å². The van der Waals surface area contributed by atoms with Crippen molar-refractivity contribution in [1.82, 2.24) is 9.97 Å². The van der Waals surface area contributed by atoms with Crippen molar-refractivity contribution in [1.29, 1.82) is 0 Å². The Labute approximate surface area is 169 Å². The van der Waals surface area contributed by atoms with E-state index in [4.69, 9.17) is 15.2 Å². The summed E-state index contributed by atoms with van der Waals surface area (Å²) in [5, 5.41) is 16.9. The van der Waals surface area contributed by atoms with Crippen molar-refractivity contribution in [3.63, 3.8) is 0 Å². The largest absolute Gasteiger partial charge is 0.400 e. The highest BCUT2D eigenvalue weighted by Gasteiger charge is 2.11. The van der Waals surface area contributed by atoms with Crippen LogP contribution in [-0.2, 0) is 6.61 Å². The summed E-state index contributed by atoms with van der Waals surface area (Å²) in [6.07, 6.45) is 3.37. The minimum atomic E-state index is -0.00255. The van der Waals surface area contributed by atoms with E-state index in [0.717, 1.165) is 46.0 Å². The molecule has 0 atom stereocenters. The molecule has 0 amide bonds. The summed E-state index contributed by atoms with van der Waals surface area (Å²) in [5.74, 6) is -0.00255. The third kappa shape index (κ3) is 4.37. The Kier molecular flexibility index (Phi) is 6.44. The number of ketones is 1. The SMILES string of the molecule is CC(=O)c1cc(-c2ccc(-c3ccc(CO)cc3)cc2)nc2ccncc12.CO. The number of pyridine rings is 2.